The van der Waals surface area contributed by atoms with Crippen LogP contribution in [0, 0.1) is 5.82 Å². The molecule has 0 aliphatic rings. The fourth-order valence-corrected chi connectivity index (χ4v) is 2.07. The lowest BCUT2D eigenvalue weighted by Crippen LogP contribution is -2.03. The predicted molar refractivity (Wildman–Crippen MR) is 73.5 cm³/mol. The Balaban J connectivity index is 1.92. The third-order valence-corrected chi connectivity index (χ3v) is 3.05. The Labute approximate surface area is 120 Å². The lowest BCUT2D eigenvalue weighted by molar-refractivity contribution is 0.0600. The highest BCUT2D eigenvalue weighted by Crippen LogP contribution is 2.11. The number of methoxy groups -OCH3 is 1. The maximum Gasteiger partial charge on any atom is 0.339 e. The maximum atomic E-state index is 13.2. The Hall–Kier alpha value is -2.76. The van der Waals surface area contributed by atoms with E-state index >= 15 is 0 Å². The number of aromatic nitrogens is 3. The number of carbonyl (C=O) groups is 1. The predicted octanol–water partition coefficient (Wildman–Crippen LogP) is 2.25. The van der Waals surface area contributed by atoms with E-state index in [1.165, 1.54) is 23.8 Å². The van der Waals surface area contributed by atoms with E-state index in [4.69, 9.17) is 0 Å². The summed E-state index contributed by atoms with van der Waals surface area (Å²) in [6, 6.07) is 9.62. The number of pyridine rings is 1. The molecule has 0 radical (unpaired) electrons. The molecule has 0 unspecified atom stereocenters. The zero-order valence-corrected chi connectivity index (χ0v) is 11.3. The molecule has 6 heteroatoms. The Morgan fingerprint density at radius 1 is 1.33 bits per heavy atom. The molecule has 0 saturated carbocycles. The van der Waals surface area contributed by atoms with Gasteiger partial charge in [0.05, 0.1) is 12.7 Å². The Bertz CT molecular complexity index is 814. The number of hydrogen-bond donors (Lipinski definition) is 0. The average Bonchev–Trinajstić information content (AvgIpc) is 2.87. The summed E-state index contributed by atoms with van der Waals surface area (Å²) in [6.45, 7) is 0. The number of rotatable bonds is 3. The SMILES string of the molecule is COC(=O)c1ccc2nc(Cc3cccc(F)c3)nn2c1. The van der Waals surface area contributed by atoms with Crippen molar-refractivity contribution in [3.8, 4) is 0 Å². The largest absolute Gasteiger partial charge is 0.465 e. The third-order valence-electron chi connectivity index (χ3n) is 3.05. The molecule has 21 heavy (non-hydrogen) atoms. The minimum absolute atomic E-state index is 0.288. The van der Waals surface area contributed by atoms with E-state index in [-0.39, 0.29) is 5.82 Å². The Morgan fingerprint density at radius 3 is 2.95 bits per heavy atom. The van der Waals surface area contributed by atoms with E-state index in [0.717, 1.165) is 5.56 Å². The lowest BCUT2D eigenvalue weighted by Gasteiger charge is -1.98. The van der Waals surface area contributed by atoms with Crippen molar-refractivity contribution in [1.29, 1.82) is 0 Å². The summed E-state index contributed by atoms with van der Waals surface area (Å²) < 4.78 is 19.3. The summed E-state index contributed by atoms with van der Waals surface area (Å²) in [5.41, 5.74) is 1.81. The van der Waals surface area contributed by atoms with Crippen LogP contribution in [-0.2, 0) is 11.2 Å². The van der Waals surface area contributed by atoms with Crippen LogP contribution in [0.1, 0.15) is 21.7 Å². The standard InChI is InChI=1S/C15H12FN3O2/c1-21-15(20)11-5-6-14-17-13(18-19(14)9-11)8-10-3-2-4-12(16)7-10/h2-7,9H,8H2,1H3. The molecule has 2 heterocycles. The van der Waals surface area contributed by atoms with Crippen LogP contribution in [0.4, 0.5) is 4.39 Å². The summed E-state index contributed by atoms with van der Waals surface area (Å²) in [5, 5.41) is 4.29. The molecule has 0 saturated heterocycles. The topological polar surface area (TPSA) is 56.5 Å². The smallest absolute Gasteiger partial charge is 0.339 e. The zero-order valence-electron chi connectivity index (χ0n) is 11.3. The molecule has 5 nitrogen and oxygen atoms in total. The molecule has 2 aromatic heterocycles. The molecule has 106 valence electrons. The minimum atomic E-state index is -0.431. The molecular weight excluding hydrogens is 273 g/mol. The van der Waals surface area contributed by atoms with E-state index in [1.807, 2.05) is 6.07 Å². The number of benzene rings is 1. The molecule has 0 fully saturated rings. The lowest BCUT2D eigenvalue weighted by atomic mass is 10.1. The second kappa shape index (κ2) is 5.32. The van der Waals surface area contributed by atoms with Crippen LogP contribution in [0.5, 0.6) is 0 Å². The molecule has 3 aromatic rings. The van der Waals surface area contributed by atoms with Crippen LogP contribution in [0.3, 0.4) is 0 Å². The number of halogens is 1. The van der Waals surface area contributed by atoms with Gasteiger partial charge in [-0.2, -0.15) is 5.10 Å². The number of nitrogens with zero attached hydrogens (tertiary/aromatic N) is 3. The summed E-state index contributed by atoms with van der Waals surface area (Å²) in [5.74, 6) is -0.161. The molecule has 0 aliphatic carbocycles. The molecule has 0 atom stereocenters. The van der Waals surface area contributed by atoms with Gasteiger partial charge in [-0.1, -0.05) is 12.1 Å². The van der Waals surface area contributed by atoms with Gasteiger partial charge in [0.1, 0.15) is 5.82 Å². The zero-order chi connectivity index (χ0) is 14.8. The first-order chi connectivity index (χ1) is 10.2. The van der Waals surface area contributed by atoms with Gasteiger partial charge < -0.3 is 4.74 Å². The van der Waals surface area contributed by atoms with Crippen LogP contribution in [0.15, 0.2) is 42.6 Å². The fourth-order valence-electron chi connectivity index (χ4n) is 2.07. The number of hydrogen-bond acceptors (Lipinski definition) is 4. The van der Waals surface area contributed by atoms with E-state index in [2.05, 4.69) is 14.8 Å². The van der Waals surface area contributed by atoms with Crippen molar-refractivity contribution >= 4 is 11.6 Å². The van der Waals surface area contributed by atoms with Gasteiger partial charge in [0.15, 0.2) is 11.5 Å². The first kappa shape index (κ1) is 13.2. The highest BCUT2D eigenvalue weighted by atomic mass is 19.1. The highest BCUT2D eigenvalue weighted by Gasteiger charge is 2.09. The molecule has 0 amide bonds. The second-order valence-corrected chi connectivity index (χ2v) is 4.55. The molecule has 0 N–H and O–H groups in total. The van der Waals surface area contributed by atoms with Gasteiger partial charge in [-0.15, -0.1) is 0 Å². The second-order valence-electron chi connectivity index (χ2n) is 4.55. The van der Waals surface area contributed by atoms with Crippen LogP contribution in [0.25, 0.3) is 5.65 Å². The number of ether oxygens (including phenoxy) is 1. The fraction of sp³-hybridized carbons (Fsp3) is 0.133. The van der Waals surface area contributed by atoms with Crippen molar-refractivity contribution in [2.45, 2.75) is 6.42 Å². The average molecular weight is 285 g/mol. The van der Waals surface area contributed by atoms with Gasteiger partial charge in [0.2, 0.25) is 0 Å². The monoisotopic (exact) mass is 285 g/mol. The normalized spacial score (nSPS) is 10.8. The molecule has 3 rings (SSSR count). The summed E-state index contributed by atoms with van der Waals surface area (Å²) >= 11 is 0. The van der Waals surface area contributed by atoms with Gasteiger partial charge in [0, 0.05) is 12.6 Å². The van der Waals surface area contributed by atoms with Crippen molar-refractivity contribution in [1.82, 2.24) is 14.6 Å². The minimum Gasteiger partial charge on any atom is -0.465 e. The molecule has 0 spiro atoms. The third kappa shape index (κ3) is 2.74. The van der Waals surface area contributed by atoms with Crippen LogP contribution in [0.2, 0.25) is 0 Å². The first-order valence-corrected chi connectivity index (χ1v) is 6.34. The summed E-state index contributed by atoms with van der Waals surface area (Å²) in [6.07, 6.45) is 1.98. The van der Waals surface area contributed by atoms with Gasteiger partial charge in [-0.05, 0) is 29.8 Å². The van der Waals surface area contributed by atoms with Crippen LogP contribution < -0.4 is 0 Å². The van der Waals surface area contributed by atoms with E-state index < -0.39 is 5.97 Å². The molecule has 0 bridgehead atoms. The van der Waals surface area contributed by atoms with Gasteiger partial charge in [0.25, 0.3) is 0 Å². The molecule has 0 aliphatic heterocycles. The van der Waals surface area contributed by atoms with E-state index in [1.54, 1.807) is 24.4 Å². The Morgan fingerprint density at radius 2 is 2.19 bits per heavy atom. The first-order valence-electron chi connectivity index (χ1n) is 6.34. The van der Waals surface area contributed by atoms with Gasteiger partial charge in [-0.25, -0.2) is 18.7 Å². The summed E-state index contributed by atoms with van der Waals surface area (Å²) in [4.78, 5) is 15.8. The summed E-state index contributed by atoms with van der Waals surface area (Å²) in [7, 11) is 1.32. The van der Waals surface area contributed by atoms with Crippen molar-refractivity contribution in [2.24, 2.45) is 0 Å². The number of carbonyl (C=O) groups excluding carboxylic acids is 1. The molecule has 1 aromatic carbocycles. The number of fused-ring (bicyclic) bond motifs is 1. The van der Waals surface area contributed by atoms with Crippen molar-refractivity contribution < 1.29 is 13.9 Å². The van der Waals surface area contributed by atoms with Crippen LogP contribution in [-0.4, -0.2) is 27.7 Å². The molecular formula is C15H12FN3O2. The Kier molecular flexibility index (Phi) is 3.35. The van der Waals surface area contributed by atoms with Crippen molar-refractivity contribution in [3.63, 3.8) is 0 Å². The number of esters is 1. The highest BCUT2D eigenvalue weighted by molar-refractivity contribution is 5.89. The van der Waals surface area contributed by atoms with E-state index in [0.29, 0.717) is 23.5 Å². The van der Waals surface area contributed by atoms with Gasteiger partial charge >= 0.3 is 5.97 Å². The quantitative estimate of drug-likeness (QED) is 0.693. The van der Waals surface area contributed by atoms with Crippen LogP contribution >= 0.6 is 0 Å². The van der Waals surface area contributed by atoms with Gasteiger partial charge in [-0.3, -0.25) is 0 Å². The van der Waals surface area contributed by atoms with E-state index in [9.17, 15) is 9.18 Å². The van der Waals surface area contributed by atoms with Crippen molar-refractivity contribution in [2.75, 3.05) is 7.11 Å². The van der Waals surface area contributed by atoms with Crippen molar-refractivity contribution in [3.05, 3.63) is 65.4 Å². The maximum absolute atomic E-state index is 13.2.